The summed E-state index contributed by atoms with van der Waals surface area (Å²) in [6.07, 6.45) is 0. The Morgan fingerprint density at radius 1 is 1.16 bits per heavy atom. The van der Waals surface area contributed by atoms with Crippen molar-refractivity contribution < 1.29 is 13.5 Å². The number of nitrogens with one attached hydrogen (secondary N) is 1. The summed E-state index contributed by atoms with van der Waals surface area (Å²) in [7, 11) is 0. The fourth-order valence-corrected chi connectivity index (χ4v) is 2.23. The number of fused-ring (bicyclic) bond motifs is 1. The topological polar surface area (TPSA) is 21.3 Å². The van der Waals surface area contributed by atoms with Gasteiger partial charge in [-0.05, 0) is 42.8 Å². The molecule has 0 spiro atoms. The molecule has 0 bridgehead atoms. The van der Waals surface area contributed by atoms with Gasteiger partial charge in [-0.1, -0.05) is 6.07 Å². The van der Waals surface area contributed by atoms with Gasteiger partial charge in [0.05, 0.1) is 11.7 Å². The Morgan fingerprint density at radius 3 is 2.84 bits per heavy atom. The maximum absolute atomic E-state index is 13.7. The van der Waals surface area contributed by atoms with Gasteiger partial charge in [-0.25, -0.2) is 8.78 Å². The molecule has 1 aliphatic rings. The third-order valence-electron chi connectivity index (χ3n) is 3.20. The summed E-state index contributed by atoms with van der Waals surface area (Å²) in [6.45, 7) is 2.24. The molecule has 0 fully saturated rings. The molecule has 98 valence electrons. The lowest BCUT2D eigenvalue weighted by molar-refractivity contribution is 0.283. The standard InChI is InChI=1S/C15H13F2NO/c1-9-2-5-15-13(6-9)18-14(8-19-15)11-7-10(16)3-4-12(11)17/h2-7,14,18H,8H2,1H3. The molecule has 1 N–H and O–H groups in total. The van der Waals surface area contributed by atoms with Gasteiger partial charge in [0, 0.05) is 5.56 Å². The van der Waals surface area contributed by atoms with Crippen LogP contribution in [0, 0.1) is 18.6 Å². The fraction of sp³-hybridized carbons (Fsp3) is 0.200. The van der Waals surface area contributed by atoms with E-state index in [0.717, 1.165) is 29.1 Å². The summed E-state index contributed by atoms with van der Waals surface area (Å²) < 4.78 is 32.6. The molecule has 2 aromatic rings. The van der Waals surface area contributed by atoms with Gasteiger partial charge in [0.1, 0.15) is 24.0 Å². The molecule has 19 heavy (non-hydrogen) atoms. The van der Waals surface area contributed by atoms with Crippen molar-refractivity contribution in [2.45, 2.75) is 13.0 Å². The zero-order valence-corrected chi connectivity index (χ0v) is 10.4. The molecular formula is C15H13F2NO. The van der Waals surface area contributed by atoms with Gasteiger partial charge < -0.3 is 10.1 Å². The Balaban J connectivity index is 1.95. The van der Waals surface area contributed by atoms with E-state index in [-0.39, 0.29) is 18.2 Å². The fourth-order valence-electron chi connectivity index (χ4n) is 2.23. The van der Waals surface area contributed by atoms with Crippen LogP contribution in [0.2, 0.25) is 0 Å². The predicted octanol–water partition coefficient (Wildman–Crippen LogP) is 3.82. The lowest BCUT2D eigenvalue weighted by Gasteiger charge is -2.28. The zero-order chi connectivity index (χ0) is 13.4. The molecule has 0 saturated heterocycles. The Hall–Kier alpha value is -2.10. The summed E-state index contributed by atoms with van der Waals surface area (Å²) in [4.78, 5) is 0. The highest BCUT2D eigenvalue weighted by molar-refractivity contribution is 5.60. The third kappa shape index (κ3) is 2.26. The van der Waals surface area contributed by atoms with Crippen LogP contribution in [-0.2, 0) is 0 Å². The van der Waals surface area contributed by atoms with E-state index in [9.17, 15) is 8.78 Å². The number of anilines is 1. The average molecular weight is 261 g/mol. The molecule has 1 heterocycles. The van der Waals surface area contributed by atoms with Crippen LogP contribution >= 0.6 is 0 Å². The van der Waals surface area contributed by atoms with Gasteiger partial charge in [-0.3, -0.25) is 0 Å². The molecule has 1 aliphatic heterocycles. The Kier molecular flexibility index (Phi) is 2.85. The van der Waals surface area contributed by atoms with E-state index in [2.05, 4.69) is 5.32 Å². The van der Waals surface area contributed by atoms with Gasteiger partial charge in [0.25, 0.3) is 0 Å². The number of hydrogen-bond acceptors (Lipinski definition) is 2. The minimum atomic E-state index is -0.451. The molecule has 1 unspecified atom stereocenters. The molecule has 3 rings (SSSR count). The summed E-state index contributed by atoms with van der Waals surface area (Å²) in [5.41, 5.74) is 2.17. The largest absolute Gasteiger partial charge is 0.489 e. The molecule has 0 aliphatic carbocycles. The Bertz CT molecular complexity index is 628. The van der Waals surface area contributed by atoms with Crippen LogP contribution in [0.15, 0.2) is 36.4 Å². The molecule has 1 atom stereocenters. The van der Waals surface area contributed by atoms with E-state index >= 15 is 0 Å². The second-order valence-electron chi connectivity index (χ2n) is 4.67. The maximum atomic E-state index is 13.7. The Morgan fingerprint density at radius 2 is 2.00 bits per heavy atom. The van der Waals surface area contributed by atoms with Crippen LogP contribution in [0.1, 0.15) is 17.2 Å². The first-order valence-corrected chi connectivity index (χ1v) is 6.08. The molecule has 4 heteroatoms. The minimum Gasteiger partial charge on any atom is -0.489 e. The zero-order valence-electron chi connectivity index (χ0n) is 10.4. The third-order valence-corrected chi connectivity index (χ3v) is 3.20. The monoisotopic (exact) mass is 261 g/mol. The van der Waals surface area contributed by atoms with E-state index in [1.165, 1.54) is 6.07 Å². The summed E-state index contributed by atoms with van der Waals surface area (Å²) in [5.74, 6) is -0.148. The average Bonchev–Trinajstić information content (AvgIpc) is 2.40. The van der Waals surface area contributed by atoms with Crippen LogP contribution in [-0.4, -0.2) is 6.61 Å². The van der Waals surface area contributed by atoms with Crippen molar-refractivity contribution in [1.82, 2.24) is 0 Å². The second-order valence-corrected chi connectivity index (χ2v) is 4.67. The highest BCUT2D eigenvalue weighted by Crippen LogP contribution is 2.35. The second kappa shape index (κ2) is 4.53. The van der Waals surface area contributed by atoms with Crippen LogP contribution in [0.3, 0.4) is 0 Å². The summed E-state index contributed by atoms with van der Waals surface area (Å²) in [5, 5.41) is 3.19. The van der Waals surface area contributed by atoms with Crippen molar-refractivity contribution in [2.24, 2.45) is 0 Å². The van der Waals surface area contributed by atoms with Gasteiger partial charge in [0.15, 0.2) is 0 Å². The molecule has 0 aromatic heterocycles. The van der Waals surface area contributed by atoms with Gasteiger partial charge in [-0.2, -0.15) is 0 Å². The highest BCUT2D eigenvalue weighted by atomic mass is 19.1. The van der Waals surface area contributed by atoms with Gasteiger partial charge >= 0.3 is 0 Å². The summed E-state index contributed by atoms with van der Waals surface area (Å²) >= 11 is 0. The molecule has 2 nitrogen and oxygen atoms in total. The first-order chi connectivity index (χ1) is 9.13. The Labute approximate surface area is 110 Å². The van der Waals surface area contributed by atoms with Crippen molar-refractivity contribution in [3.63, 3.8) is 0 Å². The molecular weight excluding hydrogens is 248 g/mol. The number of rotatable bonds is 1. The van der Waals surface area contributed by atoms with E-state index in [1.54, 1.807) is 0 Å². The van der Waals surface area contributed by atoms with Crippen molar-refractivity contribution >= 4 is 5.69 Å². The molecule has 0 saturated carbocycles. The smallest absolute Gasteiger partial charge is 0.142 e. The summed E-state index contributed by atoms with van der Waals surface area (Å²) in [6, 6.07) is 8.82. The van der Waals surface area contributed by atoms with Crippen molar-refractivity contribution in [2.75, 3.05) is 11.9 Å². The van der Waals surface area contributed by atoms with Gasteiger partial charge in [-0.15, -0.1) is 0 Å². The molecule has 0 amide bonds. The lowest BCUT2D eigenvalue weighted by Crippen LogP contribution is -2.25. The first-order valence-electron chi connectivity index (χ1n) is 6.08. The molecule has 0 radical (unpaired) electrons. The van der Waals surface area contributed by atoms with E-state index in [1.807, 2.05) is 25.1 Å². The van der Waals surface area contributed by atoms with Gasteiger partial charge in [0.2, 0.25) is 0 Å². The van der Waals surface area contributed by atoms with Crippen LogP contribution in [0.25, 0.3) is 0 Å². The number of benzene rings is 2. The number of aryl methyl sites for hydroxylation is 1. The normalized spacial score (nSPS) is 17.3. The number of hydrogen-bond donors (Lipinski definition) is 1. The van der Waals surface area contributed by atoms with Crippen LogP contribution in [0.4, 0.5) is 14.5 Å². The van der Waals surface area contributed by atoms with E-state index in [0.29, 0.717) is 0 Å². The van der Waals surface area contributed by atoms with E-state index in [4.69, 9.17) is 4.74 Å². The lowest BCUT2D eigenvalue weighted by atomic mass is 10.0. The SMILES string of the molecule is Cc1ccc2c(c1)NC(c1cc(F)ccc1F)CO2. The quantitative estimate of drug-likeness (QED) is 0.842. The highest BCUT2D eigenvalue weighted by Gasteiger charge is 2.23. The van der Waals surface area contributed by atoms with E-state index < -0.39 is 11.6 Å². The van der Waals surface area contributed by atoms with Crippen LogP contribution < -0.4 is 10.1 Å². The van der Waals surface area contributed by atoms with Crippen molar-refractivity contribution in [3.8, 4) is 5.75 Å². The first kappa shape index (κ1) is 12.0. The van der Waals surface area contributed by atoms with Crippen molar-refractivity contribution in [1.29, 1.82) is 0 Å². The maximum Gasteiger partial charge on any atom is 0.142 e. The number of ether oxygens (including phenoxy) is 1. The number of halogens is 2. The molecule has 2 aromatic carbocycles. The van der Waals surface area contributed by atoms with Crippen molar-refractivity contribution in [3.05, 3.63) is 59.2 Å². The predicted molar refractivity (Wildman–Crippen MR) is 69.4 cm³/mol. The minimum absolute atomic E-state index is 0.274. The van der Waals surface area contributed by atoms with Crippen LogP contribution in [0.5, 0.6) is 5.75 Å².